The first-order valence-corrected chi connectivity index (χ1v) is 7.03. The zero-order valence-electron chi connectivity index (χ0n) is 9.88. The average Bonchev–Trinajstić information content (AvgIpc) is 3.01. The molecule has 2 atom stereocenters. The highest BCUT2D eigenvalue weighted by Gasteiger charge is 2.23. The molecule has 2 unspecified atom stereocenters. The van der Waals surface area contributed by atoms with Crippen LogP contribution in [0, 0.1) is 0 Å². The van der Waals surface area contributed by atoms with Crippen molar-refractivity contribution in [1.82, 2.24) is 10.1 Å². The zero-order chi connectivity index (χ0) is 13.4. The van der Waals surface area contributed by atoms with Crippen molar-refractivity contribution in [2.24, 2.45) is 5.73 Å². The summed E-state index contributed by atoms with van der Waals surface area (Å²) in [6, 6.07) is 5.60. The van der Waals surface area contributed by atoms with Crippen LogP contribution < -0.4 is 5.73 Å². The Morgan fingerprint density at radius 2 is 2.21 bits per heavy atom. The first kappa shape index (κ1) is 12.8. The second-order valence-electron chi connectivity index (χ2n) is 4.48. The summed E-state index contributed by atoms with van der Waals surface area (Å²) in [5.41, 5.74) is 6.68. The third-order valence-corrected chi connectivity index (χ3v) is 4.27. The van der Waals surface area contributed by atoms with Gasteiger partial charge in [0.1, 0.15) is 0 Å². The van der Waals surface area contributed by atoms with Gasteiger partial charge >= 0.3 is 0 Å². The zero-order valence-corrected chi connectivity index (χ0v) is 12.2. The summed E-state index contributed by atoms with van der Waals surface area (Å²) in [6.07, 6.45) is 4.79. The first-order chi connectivity index (χ1) is 9.13. The van der Waals surface area contributed by atoms with Gasteiger partial charge in [-0.15, -0.1) is 0 Å². The smallest absolute Gasteiger partial charge is 0.233 e. The lowest BCUT2D eigenvalue weighted by atomic mass is 10.1. The van der Waals surface area contributed by atoms with Gasteiger partial charge in [0.25, 0.3) is 0 Å². The van der Waals surface area contributed by atoms with Crippen LogP contribution in [0.15, 0.2) is 39.3 Å². The lowest BCUT2D eigenvalue weighted by Crippen LogP contribution is -2.14. The van der Waals surface area contributed by atoms with Gasteiger partial charge < -0.3 is 10.3 Å². The van der Waals surface area contributed by atoms with Crippen LogP contribution in [0.4, 0.5) is 0 Å². The molecule has 98 valence electrons. The van der Waals surface area contributed by atoms with E-state index in [9.17, 15) is 0 Å². The second kappa shape index (κ2) is 5.07. The maximum absolute atomic E-state index is 5.96. The Balaban J connectivity index is 1.88. The molecule has 3 rings (SSSR count). The van der Waals surface area contributed by atoms with Crippen LogP contribution in [-0.2, 0) is 0 Å². The molecule has 1 aliphatic rings. The van der Waals surface area contributed by atoms with Gasteiger partial charge in [0, 0.05) is 16.1 Å². The summed E-state index contributed by atoms with van der Waals surface area (Å²) in [5.74, 6) is 1.28. The minimum atomic E-state index is 0.0741. The molecule has 0 saturated heterocycles. The lowest BCUT2D eigenvalue weighted by molar-refractivity contribution is 0.365. The maximum atomic E-state index is 5.96. The van der Waals surface area contributed by atoms with E-state index in [-0.39, 0.29) is 12.0 Å². The fraction of sp³-hybridized carbons (Fsp3) is 0.231. The molecule has 1 aromatic heterocycles. The molecule has 19 heavy (non-hydrogen) atoms. The van der Waals surface area contributed by atoms with Crippen LogP contribution in [0.5, 0.6) is 0 Å². The molecule has 0 bridgehead atoms. The van der Waals surface area contributed by atoms with Crippen LogP contribution in [-0.4, -0.2) is 16.2 Å². The number of hydrogen-bond acceptors (Lipinski definition) is 4. The number of benzene rings is 1. The first-order valence-electron chi connectivity index (χ1n) is 5.86. The van der Waals surface area contributed by atoms with Crippen molar-refractivity contribution in [3.63, 3.8) is 0 Å². The SMILES string of the molecule is NC1C=CC(c2nc(-c3ccc(Cl)c(Br)c3)no2)C1. The van der Waals surface area contributed by atoms with Gasteiger partial charge in [0.2, 0.25) is 11.7 Å². The van der Waals surface area contributed by atoms with E-state index in [1.807, 2.05) is 24.3 Å². The standard InChI is InChI=1S/C13H11BrClN3O/c14-10-6-7(2-4-11(10)15)12-17-13(19-18-12)8-1-3-9(16)5-8/h1-4,6,8-9H,5,16H2. The number of allylic oxidation sites excluding steroid dienone is 1. The van der Waals surface area contributed by atoms with Crippen LogP contribution in [0.2, 0.25) is 5.02 Å². The normalized spacial score (nSPS) is 22.1. The lowest BCUT2D eigenvalue weighted by Gasteiger charge is -2.02. The van der Waals surface area contributed by atoms with Gasteiger partial charge in [-0.05, 0) is 40.5 Å². The molecule has 2 aromatic rings. The van der Waals surface area contributed by atoms with E-state index in [1.54, 1.807) is 6.07 Å². The summed E-state index contributed by atoms with van der Waals surface area (Å²) < 4.78 is 6.11. The molecular formula is C13H11BrClN3O. The Morgan fingerprint density at radius 1 is 1.37 bits per heavy atom. The second-order valence-corrected chi connectivity index (χ2v) is 5.74. The number of hydrogen-bond donors (Lipinski definition) is 1. The van der Waals surface area contributed by atoms with E-state index < -0.39 is 0 Å². The number of aromatic nitrogens is 2. The van der Waals surface area contributed by atoms with E-state index in [1.165, 1.54) is 0 Å². The molecule has 0 aliphatic heterocycles. The average molecular weight is 341 g/mol. The predicted octanol–water partition coefficient (Wildman–Crippen LogP) is 3.52. The third kappa shape index (κ3) is 2.59. The number of halogens is 2. The van der Waals surface area contributed by atoms with E-state index in [0.717, 1.165) is 16.5 Å². The largest absolute Gasteiger partial charge is 0.338 e. The fourth-order valence-electron chi connectivity index (χ4n) is 2.05. The molecule has 0 radical (unpaired) electrons. The molecule has 0 spiro atoms. The van der Waals surface area contributed by atoms with Crippen molar-refractivity contribution in [2.45, 2.75) is 18.4 Å². The molecule has 0 fully saturated rings. The summed E-state index contributed by atoms with van der Waals surface area (Å²) in [6.45, 7) is 0. The third-order valence-electron chi connectivity index (χ3n) is 3.05. The Hall–Kier alpha value is -1.17. The summed E-state index contributed by atoms with van der Waals surface area (Å²) in [5, 5.41) is 4.65. The number of rotatable bonds is 2. The van der Waals surface area contributed by atoms with E-state index >= 15 is 0 Å². The van der Waals surface area contributed by atoms with Crippen molar-refractivity contribution >= 4 is 27.5 Å². The quantitative estimate of drug-likeness (QED) is 0.850. The minimum absolute atomic E-state index is 0.0741. The van der Waals surface area contributed by atoms with E-state index in [2.05, 4.69) is 26.1 Å². The molecule has 4 nitrogen and oxygen atoms in total. The maximum Gasteiger partial charge on any atom is 0.233 e. The molecule has 2 N–H and O–H groups in total. The van der Waals surface area contributed by atoms with Gasteiger partial charge in [-0.25, -0.2) is 0 Å². The van der Waals surface area contributed by atoms with Crippen LogP contribution >= 0.6 is 27.5 Å². The molecule has 1 aromatic carbocycles. The Labute approximate surface area is 123 Å². The highest BCUT2D eigenvalue weighted by molar-refractivity contribution is 9.10. The van der Waals surface area contributed by atoms with Crippen LogP contribution in [0.3, 0.4) is 0 Å². The summed E-state index contributed by atoms with van der Waals surface area (Å²) >= 11 is 9.34. The Morgan fingerprint density at radius 3 is 2.89 bits per heavy atom. The highest BCUT2D eigenvalue weighted by atomic mass is 79.9. The van der Waals surface area contributed by atoms with E-state index in [4.69, 9.17) is 21.9 Å². The van der Waals surface area contributed by atoms with E-state index in [0.29, 0.717) is 16.7 Å². The van der Waals surface area contributed by atoms with Gasteiger partial charge in [0.05, 0.1) is 10.9 Å². The summed E-state index contributed by atoms with van der Waals surface area (Å²) in [4.78, 5) is 4.42. The topological polar surface area (TPSA) is 64.9 Å². The summed E-state index contributed by atoms with van der Waals surface area (Å²) in [7, 11) is 0. The number of nitrogens with two attached hydrogens (primary N) is 1. The van der Waals surface area contributed by atoms with Crippen LogP contribution in [0.1, 0.15) is 18.2 Å². The van der Waals surface area contributed by atoms with Gasteiger partial charge in [-0.1, -0.05) is 28.9 Å². The Bertz CT molecular complexity index is 641. The highest BCUT2D eigenvalue weighted by Crippen LogP contribution is 2.30. The minimum Gasteiger partial charge on any atom is -0.338 e. The van der Waals surface area contributed by atoms with Crippen molar-refractivity contribution in [3.8, 4) is 11.4 Å². The van der Waals surface area contributed by atoms with Gasteiger partial charge in [-0.3, -0.25) is 0 Å². The Kier molecular flexibility index (Phi) is 3.43. The van der Waals surface area contributed by atoms with Gasteiger partial charge in [0.15, 0.2) is 0 Å². The van der Waals surface area contributed by atoms with Crippen LogP contribution in [0.25, 0.3) is 11.4 Å². The molecule has 0 saturated carbocycles. The molecule has 1 heterocycles. The van der Waals surface area contributed by atoms with Crippen molar-refractivity contribution in [3.05, 3.63) is 45.7 Å². The monoisotopic (exact) mass is 339 g/mol. The molecule has 1 aliphatic carbocycles. The fourth-order valence-corrected chi connectivity index (χ4v) is 2.54. The molecular weight excluding hydrogens is 330 g/mol. The van der Waals surface area contributed by atoms with Gasteiger partial charge in [-0.2, -0.15) is 4.98 Å². The molecule has 0 amide bonds. The predicted molar refractivity (Wildman–Crippen MR) is 76.9 cm³/mol. The number of nitrogens with zero attached hydrogens (tertiary/aromatic N) is 2. The van der Waals surface area contributed by atoms with Crippen molar-refractivity contribution < 1.29 is 4.52 Å². The molecule has 6 heteroatoms. The van der Waals surface area contributed by atoms with Crippen molar-refractivity contribution in [1.29, 1.82) is 0 Å². The van der Waals surface area contributed by atoms with Crippen molar-refractivity contribution in [2.75, 3.05) is 0 Å².